The van der Waals surface area contributed by atoms with Crippen molar-refractivity contribution >= 4 is 30.3 Å². The molecule has 1 aromatic rings. The van der Waals surface area contributed by atoms with E-state index < -0.39 is 17.5 Å². The fourth-order valence-corrected chi connectivity index (χ4v) is 3.14. The standard InChI is InChI=1S/C15H18N4O3.ClH/c16-7-8-17-12(20)9-19-13(21)15(18-14(19)22)6-5-10-3-1-2-4-11(10)15;/h1-4H,5-9,16H2,(H,17,20)(H,18,22);1H. The van der Waals surface area contributed by atoms with Crippen LogP contribution in [0.1, 0.15) is 17.5 Å². The van der Waals surface area contributed by atoms with Gasteiger partial charge in [-0.3, -0.25) is 14.5 Å². The molecule has 1 aliphatic carbocycles. The van der Waals surface area contributed by atoms with Crippen molar-refractivity contribution in [1.82, 2.24) is 15.5 Å². The molecule has 1 fully saturated rings. The number of hydrogen-bond donors (Lipinski definition) is 3. The van der Waals surface area contributed by atoms with Crippen LogP contribution in [0, 0.1) is 0 Å². The Bertz CT molecular complexity index is 651. The maximum atomic E-state index is 12.7. The Balaban J connectivity index is 0.00000192. The quantitative estimate of drug-likeness (QED) is 0.665. The molecule has 1 atom stereocenters. The summed E-state index contributed by atoms with van der Waals surface area (Å²) < 4.78 is 0. The zero-order chi connectivity index (χ0) is 15.7. The zero-order valence-electron chi connectivity index (χ0n) is 12.5. The minimum absolute atomic E-state index is 0. The lowest BCUT2D eigenvalue weighted by Gasteiger charge is -2.22. The van der Waals surface area contributed by atoms with Gasteiger partial charge in [0.25, 0.3) is 5.91 Å². The summed E-state index contributed by atoms with van der Waals surface area (Å²) in [5.41, 5.74) is 6.19. The highest BCUT2D eigenvalue weighted by atomic mass is 35.5. The largest absolute Gasteiger partial charge is 0.353 e. The predicted molar refractivity (Wildman–Crippen MR) is 86.0 cm³/mol. The number of carbonyl (C=O) groups is 3. The highest BCUT2D eigenvalue weighted by molar-refractivity contribution is 6.09. The average Bonchev–Trinajstić information content (AvgIpc) is 3.00. The Kier molecular flexibility index (Phi) is 4.91. The number of nitrogens with two attached hydrogens (primary N) is 1. The summed E-state index contributed by atoms with van der Waals surface area (Å²) in [6.45, 7) is 0.342. The Morgan fingerprint density at radius 1 is 1.35 bits per heavy atom. The van der Waals surface area contributed by atoms with Crippen LogP contribution in [-0.2, 0) is 21.5 Å². The molecular weight excluding hydrogens is 320 g/mol. The Labute approximate surface area is 140 Å². The minimum atomic E-state index is -1.01. The van der Waals surface area contributed by atoms with Gasteiger partial charge in [0.2, 0.25) is 5.91 Å². The van der Waals surface area contributed by atoms with Crippen LogP contribution < -0.4 is 16.4 Å². The molecule has 1 unspecified atom stereocenters. The van der Waals surface area contributed by atoms with Gasteiger partial charge in [-0.25, -0.2) is 4.79 Å². The summed E-state index contributed by atoms with van der Waals surface area (Å²) in [6, 6.07) is 7.06. The number of nitrogens with zero attached hydrogens (tertiary/aromatic N) is 1. The van der Waals surface area contributed by atoms with Crippen LogP contribution in [0.5, 0.6) is 0 Å². The molecule has 1 spiro atoms. The molecular formula is C15H19ClN4O3. The molecule has 2 aliphatic rings. The number of halogens is 1. The summed E-state index contributed by atoms with van der Waals surface area (Å²) in [5, 5.41) is 5.34. The average molecular weight is 339 g/mol. The van der Waals surface area contributed by atoms with Crippen LogP contribution in [-0.4, -0.2) is 42.4 Å². The molecule has 0 saturated carbocycles. The molecule has 4 N–H and O–H groups in total. The number of aryl methyl sites for hydroxylation is 1. The van der Waals surface area contributed by atoms with E-state index in [-0.39, 0.29) is 24.9 Å². The number of imide groups is 1. The fourth-order valence-electron chi connectivity index (χ4n) is 3.14. The van der Waals surface area contributed by atoms with Gasteiger partial charge in [0.1, 0.15) is 12.1 Å². The lowest BCUT2D eigenvalue weighted by molar-refractivity contribution is -0.135. The van der Waals surface area contributed by atoms with Crippen LogP contribution in [0.2, 0.25) is 0 Å². The first-order chi connectivity index (χ1) is 10.6. The van der Waals surface area contributed by atoms with E-state index >= 15 is 0 Å². The topological polar surface area (TPSA) is 105 Å². The number of hydrogen-bond acceptors (Lipinski definition) is 4. The Hall–Kier alpha value is -2.12. The van der Waals surface area contributed by atoms with Crippen LogP contribution in [0.3, 0.4) is 0 Å². The van der Waals surface area contributed by atoms with E-state index in [1.807, 2.05) is 24.3 Å². The third-order valence-electron chi connectivity index (χ3n) is 4.19. The van der Waals surface area contributed by atoms with Crippen molar-refractivity contribution in [3.63, 3.8) is 0 Å². The lowest BCUT2D eigenvalue weighted by Crippen LogP contribution is -2.44. The molecule has 124 valence electrons. The second-order valence-electron chi connectivity index (χ2n) is 5.52. The molecule has 4 amide bonds. The third kappa shape index (κ3) is 2.77. The highest BCUT2D eigenvalue weighted by Crippen LogP contribution is 2.41. The van der Waals surface area contributed by atoms with Gasteiger partial charge in [-0.1, -0.05) is 24.3 Å². The van der Waals surface area contributed by atoms with Crippen LogP contribution in [0.25, 0.3) is 0 Å². The van der Waals surface area contributed by atoms with Crippen molar-refractivity contribution in [2.24, 2.45) is 5.73 Å². The summed E-state index contributed by atoms with van der Waals surface area (Å²) in [6.07, 6.45) is 1.26. The van der Waals surface area contributed by atoms with Crippen molar-refractivity contribution in [2.45, 2.75) is 18.4 Å². The van der Waals surface area contributed by atoms with Crippen LogP contribution in [0.15, 0.2) is 24.3 Å². The second-order valence-corrected chi connectivity index (χ2v) is 5.52. The van der Waals surface area contributed by atoms with Crippen LogP contribution >= 0.6 is 12.4 Å². The molecule has 1 heterocycles. The van der Waals surface area contributed by atoms with Gasteiger partial charge in [0, 0.05) is 13.1 Å². The van der Waals surface area contributed by atoms with Gasteiger partial charge in [-0.2, -0.15) is 0 Å². The van der Waals surface area contributed by atoms with Crippen molar-refractivity contribution in [3.8, 4) is 0 Å². The van der Waals surface area contributed by atoms with E-state index in [9.17, 15) is 14.4 Å². The van der Waals surface area contributed by atoms with Gasteiger partial charge in [0.15, 0.2) is 0 Å². The molecule has 3 rings (SSSR count). The van der Waals surface area contributed by atoms with Crippen molar-refractivity contribution in [2.75, 3.05) is 19.6 Å². The smallest absolute Gasteiger partial charge is 0.325 e. The number of fused-ring (bicyclic) bond motifs is 2. The summed E-state index contributed by atoms with van der Waals surface area (Å²) in [7, 11) is 0. The van der Waals surface area contributed by atoms with Gasteiger partial charge < -0.3 is 16.4 Å². The maximum absolute atomic E-state index is 12.7. The molecule has 0 bridgehead atoms. The van der Waals surface area contributed by atoms with Gasteiger partial charge in [-0.15, -0.1) is 12.4 Å². The Morgan fingerprint density at radius 3 is 2.83 bits per heavy atom. The summed E-state index contributed by atoms with van der Waals surface area (Å²) in [4.78, 5) is 37.6. The molecule has 0 radical (unpaired) electrons. The van der Waals surface area contributed by atoms with Crippen molar-refractivity contribution < 1.29 is 14.4 Å². The normalized spacial score (nSPS) is 21.9. The van der Waals surface area contributed by atoms with E-state index in [0.29, 0.717) is 19.5 Å². The van der Waals surface area contributed by atoms with E-state index in [4.69, 9.17) is 5.73 Å². The summed E-state index contributed by atoms with van der Waals surface area (Å²) in [5.74, 6) is -0.748. The molecule has 1 aromatic carbocycles. The van der Waals surface area contributed by atoms with Gasteiger partial charge in [0.05, 0.1) is 0 Å². The lowest BCUT2D eigenvalue weighted by atomic mass is 9.92. The van der Waals surface area contributed by atoms with E-state index in [1.165, 1.54) is 0 Å². The Morgan fingerprint density at radius 2 is 2.09 bits per heavy atom. The van der Waals surface area contributed by atoms with Crippen molar-refractivity contribution in [3.05, 3.63) is 35.4 Å². The van der Waals surface area contributed by atoms with Crippen molar-refractivity contribution in [1.29, 1.82) is 0 Å². The van der Waals surface area contributed by atoms with E-state index in [2.05, 4.69) is 10.6 Å². The summed E-state index contributed by atoms with van der Waals surface area (Å²) >= 11 is 0. The molecule has 8 heteroatoms. The molecule has 23 heavy (non-hydrogen) atoms. The molecule has 7 nitrogen and oxygen atoms in total. The first-order valence-corrected chi connectivity index (χ1v) is 7.28. The number of benzene rings is 1. The predicted octanol–water partition coefficient (Wildman–Crippen LogP) is -0.123. The number of carbonyl (C=O) groups excluding carboxylic acids is 3. The number of nitrogens with one attached hydrogen (secondary N) is 2. The monoisotopic (exact) mass is 338 g/mol. The number of rotatable bonds is 4. The SMILES string of the molecule is Cl.NCCNC(=O)CN1C(=O)NC2(CCc3ccccc32)C1=O. The van der Waals surface area contributed by atoms with Crippen LogP contribution in [0.4, 0.5) is 4.79 Å². The zero-order valence-corrected chi connectivity index (χ0v) is 13.3. The molecule has 1 saturated heterocycles. The third-order valence-corrected chi connectivity index (χ3v) is 4.19. The second kappa shape index (κ2) is 6.55. The number of amides is 4. The first kappa shape index (κ1) is 17.2. The maximum Gasteiger partial charge on any atom is 0.325 e. The van der Waals surface area contributed by atoms with E-state index in [0.717, 1.165) is 22.4 Å². The minimum Gasteiger partial charge on any atom is -0.353 e. The van der Waals surface area contributed by atoms with E-state index in [1.54, 1.807) is 0 Å². The molecule has 1 aliphatic heterocycles. The van der Waals surface area contributed by atoms with Gasteiger partial charge >= 0.3 is 6.03 Å². The number of urea groups is 1. The highest BCUT2D eigenvalue weighted by Gasteiger charge is 2.55. The molecule has 0 aromatic heterocycles. The fraction of sp³-hybridized carbons (Fsp3) is 0.400. The first-order valence-electron chi connectivity index (χ1n) is 7.28. The van der Waals surface area contributed by atoms with Gasteiger partial charge in [-0.05, 0) is 24.0 Å².